The van der Waals surface area contributed by atoms with E-state index in [1.165, 1.54) is 16.4 Å². The largest absolute Gasteiger partial charge is 0.0751 e. The van der Waals surface area contributed by atoms with Gasteiger partial charge in [-0.05, 0) is 17.4 Å². The molecule has 0 N–H and O–H groups in total. The van der Waals surface area contributed by atoms with E-state index in [1.807, 2.05) is 5.80 Å². The van der Waals surface area contributed by atoms with Gasteiger partial charge in [0.1, 0.15) is 0 Å². The van der Waals surface area contributed by atoms with Gasteiger partial charge in [-0.2, -0.15) is 0 Å². The van der Waals surface area contributed by atoms with Crippen molar-refractivity contribution in [1.82, 2.24) is 0 Å². The van der Waals surface area contributed by atoms with Crippen molar-refractivity contribution < 1.29 is 0 Å². The molecule has 0 spiro atoms. The number of hydrogen-bond acceptors (Lipinski definition) is 0. The number of rotatable bonds is 0. The summed E-state index contributed by atoms with van der Waals surface area (Å²) in [6, 6.07) is 0. The van der Waals surface area contributed by atoms with Gasteiger partial charge < -0.3 is 0 Å². The highest BCUT2D eigenvalue weighted by molar-refractivity contribution is 7.34. The Morgan fingerprint density at radius 3 is 2.50 bits per heavy atom. The molecule has 0 unspecified atom stereocenters. The maximum absolute atomic E-state index is 3.03. The van der Waals surface area contributed by atoms with Crippen LogP contribution in [0, 0.1) is 5.80 Å². The Labute approximate surface area is 40.4 Å². The molecule has 2 heteroatoms. The van der Waals surface area contributed by atoms with Crippen molar-refractivity contribution in [2.75, 3.05) is 0 Å². The number of hydrogen-bond donors (Lipinski definition) is 0. The Kier molecular flexibility index (Phi) is 1.62. The molecule has 6 heavy (non-hydrogen) atoms. The highest BCUT2D eigenvalue weighted by Gasteiger charge is 1.60. The van der Waals surface area contributed by atoms with Gasteiger partial charge in [0.15, 0.2) is 0 Å². The summed E-state index contributed by atoms with van der Waals surface area (Å²) in [5.41, 5.74) is 0. The molecule has 0 aliphatic carbocycles. The van der Waals surface area contributed by atoms with Crippen LogP contribution in [-0.4, -0.2) is 0 Å². The molecule has 29 valence electrons. The molecule has 1 rings (SSSR count). The Morgan fingerprint density at radius 2 is 2.33 bits per heavy atom. The molecule has 0 bridgehead atoms. The Morgan fingerprint density at radius 1 is 1.33 bits per heavy atom. The molecule has 0 fully saturated rings. The summed E-state index contributed by atoms with van der Waals surface area (Å²) in [7, 11) is 2.48. The van der Waals surface area contributed by atoms with Gasteiger partial charge in [-0.1, -0.05) is 16.4 Å². The van der Waals surface area contributed by atoms with Crippen molar-refractivity contribution >= 4 is 16.4 Å². The second kappa shape index (κ2) is 2.29. The molecular formula is C4H3P2. The summed E-state index contributed by atoms with van der Waals surface area (Å²) in [6.07, 6.45) is 0. The summed E-state index contributed by atoms with van der Waals surface area (Å²) in [5, 5.41) is 0. The predicted molar refractivity (Wildman–Crippen MR) is 30.3 cm³/mol. The van der Waals surface area contributed by atoms with Gasteiger partial charge >= 0.3 is 0 Å². The van der Waals surface area contributed by atoms with Crippen LogP contribution in [-0.2, 0) is 0 Å². The van der Waals surface area contributed by atoms with Crippen LogP contribution in [0.2, 0.25) is 0 Å². The van der Waals surface area contributed by atoms with E-state index in [-0.39, 0.29) is 0 Å². The Bertz CT molecular complexity index is 77.5. The summed E-state index contributed by atoms with van der Waals surface area (Å²) < 4.78 is 0. The van der Waals surface area contributed by atoms with E-state index in [2.05, 4.69) is 17.4 Å². The van der Waals surface area contributed by atoms with Gasteiger partial charge in [-0.25, -0.2) is 0 Å². The van der Waals surface area contributed by atoms with Crippen molar-refractivity contribution in [1.29, 1.82) is 0 Å². The van der Waals surface area contributed by atoms with Gasteiger partial charge in [0.25, 0.3) is 0 Å². The summed E-state index contributed by atoms with van der Waals surface area (Å²) >= 11 is 0. The summed E-state index contributed by atoms with van der Waals surface area (Å²) in [6.45, 7) is 0. The van der Waals surface area contributed by atoms with Gasteiger partial charge in [0.05, 0.1) is 0 Å². The van der Waals surface area contributed by atoms with E-state index in [1.54, 1.807) is 0 Å². The minimum atomic E-state index is 1.21. The topological polar surface area (TPSA) is 0 Å². The average molecular weight is 113 g/mol. The molecule has 0 nitrogen and oxygen atoms in total. The first-order valence-electron chi connectivity index (χ1n) is 1.62. The van der Waals surface area contributed by atoms with E-state index in [4.69, 9.17) is 0 Å². The highest BCUT2D eigenvalue weighted by Crippen LogP contribution is 2.07. The first-order chi connectivity index (χ1) is 3.00. The summed E-state index contributed by atoms with van der Waals surface area (Å²) in [5.74, 6) is 9.24. The van der Waals surface area contributed by atoms with Crippen molar-refractivity contribution in [3.63, 3.8) is 0 Å². The zero-order valence-corrected chi connectivity index (χ0v) is 4.92. The van der Waals surface area contributed by atoms with Crippen molar-refractivity contribution in [3.05, 3.63) is 23.2 Å². The first-order valence-corrected chi connectivity index (χ1v) is 3.62. The molecular weight excluding hydrogens is 110 g/mol. The minimum Gasteiger partial charge on any atom is -0.0751 e. The molecule has 1 heterocycles. The van der Waals surface area contributed by atoms with Crippen molar-refractivity contribution in [2.24, 2.45) is 0 Å². The zero-order chi connectivity index (χ0) is 4.24. The molecule has 0 aliphatic rings. The van der Waals surface area contributed by atoms with E-state index >= 15 is 0 Å². The lowest BCUT2D eigenvalue weighted by atomic mass is 11.1. The quantitative estimate of drug-likeness (QED) is 0.485. The van der Waals surface area contributed by atoms with E-state index in [0.29, 0.717) is 0 Å². The van der Waals surface area contributed by atoms with Crippen LogP contribution in [0.5, 0.6) is 0 Å². The van der Waals surface area contributed by atoms with Crippen LogP contribution in [0.3, 0.4) is 0 Å². The fraction of sp³-hybridized carbons (Fsp3) is 0. The second-order valence-corrected chi connectivity index (χ2v) is 2.50. The molecule has 0 atom stereocenters. The maximum Gasteiger partial charge on any atom is 0.0185 e. The van der Waals surface area contributed by atoms with Crippen molar-refractivity contribution in [2.45, 2.75) is 0 Å². The fourth-order valence-corrected chi connectivity index (χ4v) is 1.50. The molecule has 0 aromatic carbocycles. The van der Waals surface area contributed by atoms with Crippen LogP contribution in [0.15, 0.2) is 17.4 Å². The normalized spacial score (nSPS) is 10.7. The molecule has 0 saturated heterocycles. The van der Waals surface area contributed by atoms with E-state index in [0.717, 1.165) is 0 Å². The third-order valence-corrected chi connectivity index (χ3v) is 2.05. The van der Waals surface area contributed by atoms with Crippen LogP contribution >= 0.6 is 16.4 Å². The summed E-state index contributed by atoms with van der Waals surface area (Å²) in [4.78, 5) is 0. The van der Waals surface area contributed by atoms with Crippen molar-refractivity contribution in [3.8, 4) is 0 Å². The lowest BCUT2D eigenvalue weighted by Gasteiger charge is -1.67. The lowest BCUT2D eigenvalue weighted by Crippen LogP contribution is -1.30. The van der Waals surface area contributed by atoms with Gasteiger partial charge in [-0.3, -0.25) is 0 Å². The molecule has 0 aliphatic heterocycles. The third-order valence-electron chi connectivity index (χ3n) is 0.434. The van der Waals surface area contributed by atoms with E-state index in [9.17, 15) is 0 Å². The van der Waals surface area contributed by atoms with Gasteiger partial charge in [-0.15, -0.1) is 0 Å². The molecule has 0 saturated carbocycles. The van der Waals surface area contributed by atoms with E-state index < -0.39 is 0 Å². The predicted octanol–water partition coefficient (Wildman–Crippen LogP) is 2.65. The second-order valence-electron chi connectivity index (χ2n) is 0.835. The monoisotopic (exact) mass is 113 g/mol. The van der Waals surface area contributed by atoms with Gasteiger partial charge in [0.2, 0.25) is 0 Å². The first kappa shape index (κ1) is 4.24. The SMILES string of the molecule is [c]1cpccp1. The van der Waals surface area contributed by atoms with Crippen LogP contribution in [0.1, 0.15) is 0 Å². The van der Waals surface area contributed by atoms with Crippen LogP contribution in [0.25, 0.3) is 0 Å². The molecule has 1 aromatic rings. The maximum atomic E-state index is 3.03. The van der Waals surface area contributed by atoms with Gasteiger partial charge in [0, 0.05) is 5.80 Å². The Balaban J connectivity index is 3.00. The zero-order valence-electron chi connectivity index (χ0n) is 3.13. The van der Waals surface area contributed by atoms with Crippen LogP contribution < -0.4 is 0 Å². The lowest BCUT2D eigenvalue weighted by molar-refractivity contribution is 2.22. The third kappa shape index (κ3) is 1.05. The Hall–Kier alpha value is 0.0800. The molecule has 1 aromatic heterocycles. The molecule has 1 radical (unpaired) electrons. The highest BCUT2D eigenvalue weighted by atomic mass is 31.0. The smallest absolute Gasteiger partial charge is 0.0185 e. The molecule has 0 amide bonds. The standard InChI is InChI=1S/C4H3P2/c1-2-6-4-3-5-1/h1-3H. The minimum absolute atomic E-state index is 1.21. The average Bonchev–Trinajstić information content (AvgIpc) is 1.72. The van der Waals surface area contributed by atoms with Crippen LogP contribution in [0.4, 0.5) is 0 Å². The fourth-order valence-electron chi connectivity index (χ4n) is 0.225.